The molecule has 0 fully saturated rings. The van der Waals surface area contributed by atoms with Gasteiger partial charge in [-0.2, -0.15) is 0 Å². The first kappa shape index (κ1) is 18.4. The minimum atomic E-state index is -1.26. The van der Waals surface area contributed by atoms with Crippen LogP contribution in [0.5, 0.6) is 0 Å². The van der Waals surface area contributed by atoms with Gasteiger partial charge in [-0.1, -0.05) is 48.5 Å². The average molecular weight is 339 g/mol. The van der Waals surface area contributed by atoms with Gasteiger partial charge in [0.25, 0.3) is 0 Å². The van der Waals surface area contributed by atoms with Crippen LogP contribution in [0.4, 0.5) is 0 Å². The zero-order valence-electron chi connectivity index (χ0n) is 14.1. The number of nitrogens with zero attached hydrogens (tertiary/aromatic N) is 1. The van der Waals surface area contributed by atoms with E-state index in [-0.39, 0.29) is 0 Å². The monoisotopic (exact) mass is 339 g/mol. The predicted molar refractivity (Wildman–Crippen MR) is 96.3 cm³/mol. The molecule has 0 aliphatic carbocycles. The Labute approximate surface area is 146 Å². The van der Waals surface area contributed by atoms with Gasteiger partial charge < -0.3 is 15.1 Å². The largest absolute Gasteiger partial charge is 0.478 e. The van der Waals surface area contributed by atoms with Gasteiger partial charge in [-0.05, 0) is 35.7 Å². The lowest BCUT2D eigenvalue weighted by Crippen LogP contribution is -2.26. The summed E-state index contributed by atoms with van der Waals surface area (Å²) in [4.78, 5) is 21.5. The fourth-order valence-electron chi connectivity index (χ4n) is 2.75. The van der Waals surface area contributed by atoms with Crippen LogP contribution in [0, 0.1) is 0 Å². The van der Waals surface area contributed by atoms with Crippen LogP contribution < -0.4 is 0 Å². The molecule has 0 saturated carbocycles. The van der Waals surface area contributed by atoms with E-state index in [0.717, 1.165) is 6.54 Å². The minimum absolute atomic E-state index is 0.558. The van der Waals surface area contributed by atoms with Gasteiger partial charge >= 0.3 is 11.9 Å². The quantitative estimate of drug-likeness (QED) is 0.841. The van der Waals surface area contributed by atoms with E-state index in [4.69, 9.17) is 10.2 Å². The third-order valence-electron chi connectivity index (χ3n) is 3.92. The SMILES string of the molecule is CN1CCc2cccc(-c3ccccc3)c2C1.O=C(O)C=CC(=O)O. The maximum Gasteiger partial charge on any atom is 0.328 e. The number of carbonyl (C=O) groups is 2. The van der Waals surface area contributed by atoms with Crippen molar-refractivity contribution in [2.75, 3.05) is 13.6 Å². The third-order valence-corrected chi connectivity index (χ3v) is 3.92. The van der Waals surface area contributed by atoms with E-state index in [1.165, 1.54) is 35.2 Å². The second-order valence-corrected chi connectivity index (χ2v) is 5.81. The Kier molecular flexibility index (Phi) is 6.48. The van der Waals surface area contributed by atoms with E-state index in [0.29, 0.717) is 12.2 Å². The lowest BCUT2D eigenvalue weighted by atomic mass is 9.91. The standard InChI is InChI=1S/C16H17N.C4H4O4/c1-17-11-10-14-8-5-9-15(16(14)12-17)13-6-3-2-4-7-13;5-3(6)1-2-4(7)8/h2-9H,10-12H2,1H3;1-2H,(H,5,6)(H,7,8). The van der Waals surface area contributed by atoms with Gasteiger partial charge in [0.05, 0.1) is 0 Å². The van der Waals surface area contributed by atoms with Crippen LogP contribution in [0.3, 0.4) is 0 Å². The molecule has 0 radical (unpaired) electrons. The van der Waals surface area contributed by atoms with Crippen LogP contribution in [0.25, 0.3) is 11.1 Å². The maximum absolute atomic E-state index is 9.55. The summed E-state index contributed by atoms with van der Waals surface area (Å²) >= 11 is 0. The van der Waals surface area contributed by atoms with Gasteiger partial charge in [-0.3, -0.25) is 0 Å². The van der Waals surface area contributed by atoms with Crippen molar-refractivity contribution in [2.24, 2.45) is 0 Å². The summed E-state index contributed by atoms with van der Waals surface area (Å²) in [7, 11) is 2.20. The molecule has 1 aliphatic heterocycles. The highest BCUT2D eigenvalue weighted by Gasteiger charge is 2.16. The number of hydrogen-bond donors (Lipinski definition) is 2. The van der Waals surface area contributed by atoms with Crippen molar-refractivity contribution in [3.63, 3.8) is 0 Å². The number of carboxylic acids is 2. The number of likely N-dealkylation sites (N-methyl/N-ethyl adjacent to an activating group) is 1. The fraction of sp³-hybridized carbons (Fsp3) is 0.200. The Hall–Kier alpha value is -2.92. The van der Waals surface area contributed by atoms with Crippen LogP contribution >= 0.6 is 0 Å². The lowest BCUT2D eigenvalue weighted by Gasteiger charge is -2.27. The first-order valence-corrected chi connectivity index (χ1v) is 7.96. The molecule has 0 bridgehead atoms. The van der Waals surface area contributed by atoms with Crippen LogP contribution in [-0.2, 0) is 22.6 Å². The molecule has 5 nitrogen and oxygen atoms in total. The Morgan fingerprint density at radius 2 is 1.60 bits per heavy atom. The second-order valence-electron chi connectivity index (χ2n) is 5.81. The van der Waals surface area contributed by atoms with Gasteiger partial charge in [0.15, 0.2) is 0 Å². The summed E-state index contributed by atoms with van der Waals surface area (Å²) in [6.07, 6.45) is 2.29. The zero-order chi connectivity index (χ0) is 18.2. The Bertz CT molecular complexity index is 753. The van der Waals surface area contributed by atoms with Gasteiger partial charge in [-0.25, -0.2) is 9.59 Å². The molecule has 0 unspecified atom stereocenters. The summed E-state index contributed by atoms with van der Waals surface area (Å²) in [6.45, 7) is 2.24. The van der Waals surface area contributed by atoms with Gasteiger partial charge in [0.1, 0.15) is 0 Å². The van der Waals surface area contributed by atoms with Crippen LogP contribution in [-0.4, -0.2) is 40.6 Å². The summed E-state index contributed by atoms with van der Waals surface area (Å²) in [5.74, 6) is -2.51. The van der Waals surface area contributed by atoms with Crippen molar-refractivity contribution in [3.05, 3.63) is 71.8 Å². The smallest absolute Gasteiger partial charge is 0.328 e. The molecule has 1 heterocycles. The lowest BCUT2D eigenvalue weighted by molar-refractivity contribution is -0.134. The molecule has 2 N–H and O–H groups in total. The van der Waals surface area contributed by atoms with E-state index < -0.39 is 11.9 Å². The van der Waals surface area contributed by atoms with Crippen LogP contribution in [0.2, 0.25) is 0 Å². The normalized spacial score (nSPS) is 13.6. The van der Waals surface area contributed by atoms with Crippen molar-refractivity contribution in [2.45, 2.75) is 13.0 Å². The molecule has 130 valence electrons. The molecule has 0 amide bonds. The summed E-state index contributed by atoms with van der Waals surface area (Å²) < 4.78 is 0. The molecular formula is C20H21NO4. The highest BCUT2D eigenvalue weighted by molar-refractivity contribution is 5.89. The number of carboxylic acid groups (broad SMARTS) is 2. The van der Waals surface area contributed by atoms with E-state index in [2.05, 4.69) is 60.5 Å². The molecule has 2 aromatic rings. The molecule has 0 spiro atoms. The number of aliphatic carboxylic acids is 2. The zero-order valence-corrected chi connectivity index (χ0v) is 14.1. The minimum Gasteiger partial charge on any atom is -0.478 e. The molecule has 0 atom stereocenters. The molecule has 1 aliphatic rings. The van der Waals surface area contributed by atoms with E-state index in [1.807, 2.05) is 0 Å². The van der Waals surface area contributed by atoms with Crippen molar-refractivity contribution < 1.29 is 19.8 Å². The molecule has 2 aromatic carbocycles. The van der Waals surface area contributed by atoms with E-state index in [1.54, 1.807) is 0 Å². The number of fused-ring (bicyclic) bond motifs is 1. The first-order valence-electron chi connectivity index (χ1n) is 7.96. The van der Waals surface area contributed by atoms with Gasteiger partial charge in [0, 0.05) is 25.2 Å². The van der Waals surface area contributed by atoms with Crippen molar-refractivity contribution in [3.8, 4) is 11.1 Å². The number of benzene rings is 2. The Morgan fingerprint density at radius 3 is 2.20 bits per heavy atom. The summed E-state index contributed by atoms with van der Waals surface area (Å²) in [5, 5.41) is 15.6. The van der Waals surface area contributed by atoms with Crippen molar-refractivity contribution in [1.82, 2.24) is 4.90 Å². The fourth-order valence-corrected chi connectivity index (χ4v) is 2.75. The van der Waals surface area contributed by atoms with Crippen molar-refractivity contribution >= 4 is 11.9 Å². The molecule has 0 aromatic heterocycles. The van der Waals surface area contributed by atoms with E-state index in [9.17, 15) is 9.59 Å². The van der Waals surface area contributed by atoms with Gasteiger partial charge in [0.2, 0.25) is 0 Å². The van der Waals surface area contributed by atoms with Crippen LogP contribution in [0.15, 0.2) is 60.7 Å². The Morgan fingerprint density at radius 1 is 0.960 bits per heavy atom. The highest BCUT2D eigenvalue weighted by atomic mass is 16.4. The Balaban J connectivity index is 0.000000242. The summed E-state index contributed by atoms with van der Waals surface area (Å²) in [6, 6.07) is 17.4. The average Bonchev–Trinajstić information content (AvgIpc) is 2.61. The molecule has 3 rings (SSSR count). The number of rotatable bonds is 3. The summed E-state index contributed by atoms with van der Waals surface area (Å²) in [5.41, 5.74) is 5.76. The third kappa shape index (κ3) is 5.58. The number of hydrogen-bond acceptors (Lipinski definition) is 3. The van der Waals surface area contributed by atoms with E-state index >= 15 is 0 Å². The molecule has 5 heteroatoms. The molecule has 0 saturated heterocycles. The predicted octanol–water partition coefficient (Wildman–Crippen LogP) is 3.05. The topological polar surface area (TPSA) is 77.8 Å². The van der Waals surface area contributed by atoms with Crippen molar-refractivity contribution in [1.29, 1.82) is 0 Å². The second kappa shape index (κ2) is 8.80. The van der Waals surface area contributed by atoms with Crippen LogP contribution in [0.1, 0.15) is 11.1 Å². The van der Waals surface area contributed by atoms with Gasteiger partial charge in [-0.15, -0.1) is 0 Å². The maximum atomic E-state index is 9.55. The first-order chi connectivity index (χ1) is 12.0. The highest BCUT2D eigenvalue weighted by Crippen LogP contribution is 2.29. The molecule has 25 heavy (non-hydrogen) atoms. The molecular weight excluding hydrogens is 318 g/mol.